The molecule has 0 saturated carbocycles. The molecule has 0 unspecified atom stereocenters. The van der Waals surface area contributed by atoms with E-state index in [9.17, 15) is 0 Å². The molecule has 6 nitrogen and oxygen atoms in total. The van der Waals surface area contributed by atoms with Gasteiger partial charge >= 0.3 is 0 Å². The first-order valence-corrected chi connectivity index (χ1v) is 22.9. The predicted molar refractivity (Wildman–Crippen MR) is 278 cm³/mol. The molecule has 6 heteroatoms. The van der Waals surface area contributed by atoms with E-state index in [0.717, 1.165) is 99.0 Å². The summed E-state index contributed by atoms with van der Waals surface area (Å²) in [5, 5.41) is 6.65. The fourth-order valence-electron chi connectivity index (χ4n) is 11.1. The van der Waals surface area contributed by atoms with Crippen LogP contribution in [0.15, 0.2) is 231 Å². The molecule has 0 bridgehead atoms. The maximum atomic E-state index is 15.8. The molecule has 0 saturated heterocycles. The molecule has 0 fully saturated rings. The van der Waals surface area contributed by atoms with Gasteiger partial charge in [-0.3, -0.25) is 9.59 Å². The molecule has 1 aliphatic rings. The lowest BCUT2D eigenvalue weighted by atomic mass is 9.97. The average Bonchev–Trinajstić information content (AvgIpc) is 4.11. The molecule has 0 N–H and O–H groups in total. The zero-order valence-corrected chi connectivity index (χ0v) is 36.5. The number of fused-ring (bicyclic) bond motifs is 10. The summed E-state index contributed by atoms with van der Waals surface area (Å²) in [6, 6.07) is 79.1. The first kappa shape index (κ1) is 38.1. The number of hydrogen-bond donors (Lipinski definition) is 0. The third-order valence-electron chi connectivity index (χ3n) is 14.0. The second kappa shape index (κ2) is 14.6. The molecule has 0 spiro atoms. The van der Waals surface area contributed by atoms with Crippen molar-refractivity contribution in [1.29, 1.82) is 0 Å². The Morgan fingerprint density at radius 3 is 1.21 bits per heavy atom. The van der Waals surface area contributed by atoms with Crippen molar-refractivity contribution < 1.29 is 9.59 Å². The fraction of sp³-hybridized carbons (Fsp3) is 0. The molecule has 0 radical (unpaired) electrons. The third kappa shape index (κ3) is 5.34. The van der Waals surface area contributed by atoms with Crippen molar-refractivity contribution >= 4 is 82.9 Å². The van der Waals surface area contributed by atoms with Crippen molar-refractivity contribution in [1.82, 2.24) is 13.7 Å². The van der Waals surface area contributed by atoms with Crippen LogP contribution in [0, 0.1) is 0 Å². The number of aromatic nitrogens is 3. The van der Waals surface area contributed by atoms with Crippen LogP contribution in [0.1, 0.15) is 20.7 Å². The van der Waals surface area contributed by atoms with E-state index in [-0.39, 0.29) is 11.8 Å². The molecule has 0 atom stereocenters. The molecule has 3 aromatic heterocycles. The average molecular weight is 871 g/mol. The summed E-state index contributed by atoms with van der Waals surface area (Å²) in [4.78, 5) is 32.5. The summed E-state index contributed by atoms with van der Waals surface area (Å²) in [6.45, 7) is 0. The number of hydrogen-bond acceptors (Lipinski definition) is 2. The van der Waals surface area contributed by atoms with Crippen LogP contribution in [0.3, 0.4) is 0 Å². The second-order valence-corrected chi connectivity index (χ2v) is 17.5. The van der Waals surface area contributed by atoms with Crippen molar-refractivity contribution in [2.75, 3.05) is 4.90 Å². The molecule has 1 aliphatic heterocycles. The summed E-state index contributed by atoms with van der Waals surface area (Å²) >= 11 is 0. The van der Waals surface area contributed by atoms with Crippen LogP contribution in [-0.4, -0.2) is 25.5 Å². The second-order valence-electron chi connectivity index (χ2n) is 17.5. The molecule has 4 heterocycles. The van der Waals surface area contributed by atoms with E-state index in [1.807, 2.05) is 84.9 Å². The number of imide groups is 1. The molecule has 14 rings (SSSR count). The molecular weight excluding hydrogens is 833 g/mol. The molecule has 0 aliphatic carbocycles. The van der Waals surface area contributed by atoms with Crippen LogP contribution < -0.4 is 4.90 Å². The Labute approximate surface area is 390 Å². The van der Waals surface area contributed by atoms with E-state index in [1.165, 1.54) is 4.90 Å². The Morgan fingerprint density at radius 1 is 0.265 bits per heavy atom. The van der Waals surface area contributed by atoms with Gasteiger partial charge in [-0.25, -0.2) is 4.90 Å². The van der Waals surface area contributed by atoms with Crippen LogP contribution in [0.4, 0.5) is 5.69 Å². The standard InChI is InChI=1S/C62H38N4O2/c67-61-49-28-17-33-54(58(49)62(68)66(61)57-38-41(39-18-3-1-4-19-39)36-37-42(57)40-20-5-2-6-21-40)65-59-47(26-15-34-55(59)63-50-29-11-7-22-43(50)44-23-8-12-30-51(44)63)48-27-16-35-56(60(48)65)64-52-31-13-9-24-45(52)46-25-10-14-32-53(46)64/h1-38H. The smallest absolute Gasteiger partial charge is 0.268 e. The molecule has 318 valence electrons. The largest absolute Gasteiger partial charge is 0.307 e. The van der Waals surface area contributed by atoms with Crippen LogP contribution in [-0.2, 0) is 0 Å². The minimum absolute atomic E-state index is 0.356. The lowest BCUT2D eigenvalue weighted by Gasteiger charge is -2.21. The number of amides is 2. The number of nitrogens with zero attached hydrogens (tertiary/aromatic N) is 4. The summed E-state index contributed by atoms with van der Waals surface area (Å²) in [5.74, 6) is -0.734. The van der Waals surface area contributed by atoms with Gasteiger partial charge in [0.2, 0.25) is 0 Å². The van der Waals surface area contributed by atoms with E-state index in [1.54, 1.807) is 6.07 Å². The van der Waals surface area contributed by atoms with Gasteiger partial charge in [0.05, 0.1) is 67.0 Å². The monoisotopic (exact) mass is 870 g/mol. The van der Waals surface area contributed by atoms with Gasteiger partial charge < -0.3 is 13.7 Å². The fourth-order valence-corrected chi connectivity index (χ4v) is 11.1. The van der Waals surface area contributed by atoms with Crippen LogP contribution in [0.5, 0.6) is 0 Å². The highest BCUT2D eigenvalue weighted by atomic mass is 16.2. The van der Waals surface area contributed by atoms with Gasteiger partial charge in [0, 0.05) is 37.9 Å². The Kier molecular flexibility index (Phi) is 8.18. The lowest BCUT2D eigenvalue weighted by Crippen LogP contribution is -2.30. The number of benzene rings is 10. The number of para-hydroxylation sites is 6. The van der Waals surface area contributed by atoms with E-state index in [0.29, 0.717) is 22.5 Å². The SMILES string of the molecule is O=C1c2cccc(-n3c4c(-n5c6ccccc6c6ccccc65)cccc4c4cccc(-n5c6ccccc6c6ccccc65)c43)c2C(=O)N1c1cc(-c2ccccc2)ccc1-c1ccccc1. The summed E-state index contributed by atoms with van der Waals surface area (Å²) in [6.07, 6.45) is 0. The van der Waals surface area contributed by atoms with Crippen molar-refractivity contribution in [3.8, 4) is 39.3 Å². The highest BCUT2D eigenvalue weighted by molar-refractivity contribution is 6.37. The van der Waals surface area contributed by atoms with Gasteiger partial charge in [-0.05, 0) is 71.3 Å². The highest BCUT2D eigenvalue weighted by Crippen LogP contribution is 2.46. The van der Waals surface area contributed by atoms with Gasteiger partial charge in [-0.2, -0.15) is 0 Å². The summed E-state index contributed by atoms with van der Waals surface area (Å²) < 4.78 is 6.98. The predicted octanol–water partition coefficient (Wildman–Crippen LogP) is 15.1. The van der Waals surface area contributed by atoms with Crippen molar-refractivity contribution in [3.05, 3.63) is 242 Å². The summed E-state index contributed by atoms with van der Waals surface area (Å²) in [5.41, 5.74) is 13.5. The molecule has 13 aromatic rings. The zero-order chi connectivity index (χ0) is 45.0. The normalized spacial score (nSPS) is 12.7. The van der Waals surface area contributed by atoms with Crippen molar-refractivity contribution in [2.45, 2.75) is 0 Å². The van der Waals surface area contributed by atoms with Crippen molar-refractivity contribution in [3.63, 3.8) is 0 Å². The number of carbonyl (C=O) groups excluding carboxylic acids is 2. The van der Waals surface area contributed by atoms with Crippen molar-refractivity contribution in [2.24, 2.45) is 0 Å². The number of anilines is 1. The van der Waals surface area contributed by atoms with E-state index in [2.05, 4.69) is 153 Å². The first-order chi connectivity index (χ1) is 33.6. The third-order valence-corrected chi connectivity index (χ3v) is 14.0. The molecular formula is C62H38N4O2. The molecule has 68 heavy (non-hydrogen) atoms. The first-order valence-electron chi connectivity index (χ1n) is 22.9. The van der Waals surface area contributed by atoms with Gasteiger partial charge in [-0.1, -0.05) is 176 Å². The van der Waals surface area contributed by atoms with Crippen LogP contribution in [0.2, 0.25) is 0 Å². The quantitative estimate of drug-likeness (QED) is 0.156. The van der Waals surface area contributed by atoms with Gasteiger partial charge in [0.25, 0.3) is 11.8 Å². The Balaban J connectivity index is 1.10. The maximum absolute atomic E-state index is 15.8. The van der Waals surface area contributed by atoms with Crippen LogP contribution in [0.25, 0.3) is 105 Å². The summed E-state index contributed by atoms with van der Waals surface area (Å²) in [7, 11) is 0. The van der Waals surface area contributed by atoms with Gasteiger partial charge in [0.1, 0.15) is 0 Å². The molecule has 10 aromatic carbocycles. The molecule has 2 amide bonds. The van der Waals surface area contributed by atoms with Crippen LogP contribution >= 0.6 is 0 Å². The van der Waals surface area contributed by atoms with E-state index >= 15 is 9.59 Å². The van der Waals surface area contributed by atoms with Gasteiger partial charge in [-0.15, -0.1) is 0 Å². The van der Waals surface area contributed by atoms with Gasteiger partial charge in [0.15, 0.2) is 0 Å². The lowest BCUT2D eigenvalue weighted by molar-refractivity contribution is 0.0926. The number of carbonyl (C=O) groups is 2. The Bertz CT molecular complexity index is 3970. The number of rotatable bonds is 6. The Hall–Kier alpha value is -9.26. The Morgan fingerprint density at radius 2 is 0.691 bits per heavy atom. The minimum Gasteiger partial charge on any atom is -0.307 e. The maximum Gasteiger partial charge on any atom is 0.268 e. The zero-order valence-electron chi connectivity index (χ0n) is 36.5. The highest BCUT2D eigenvalue weighted by Gasteiger charge is 2.41. The van der Waals surface area contributed by atoms with E-state index < -0.39 is 0 Å². The van der Waals surface area contributed by atoms with E-state index in [4.69, 9.17) is 0 Å². The minimum atomic E-state index is -0.373. The topological polar surface area (TPSA) is 52.2 Å².